The molecule has 3 aliphatic heterocycles. The van der Waals surface area contributed by atoms with E-state index >= 15 is 0 Å². The van der Waals surface area contributed by atoms with Gasteiger partial charge in [-0.05, 0) is 55.4 Å². The van der Waals surface area contributed by atoms with Crippen LogP contribution in [0.1, 0.15) is 47.9 Å². The Morgan fingerprint density at radius 2 is 1.92 bits per heavy atom. The average Bonchev–Trinajstić information content (AvgIpc) is 3.41. The van der Waals surface area contributed by atoms with Crippen molar-refractivity contribution in [3.63, 3.8) is 0 Å². The third-order valence-electron chi connectivity index (χ3n) is 7.76. The summed E-state index contributed by atoms with van der Waals surface area (Å²) in [7, 11) is -3.86. The van der Waals surface area contributed by atoms with Crippen LogP contribution in [-0.4, -0.2) is 86.1 Å². The molecule has 206 valence electrons. The Morgan fingerprint density at radius 3 is 2.45 bits per heavy atom. The molecule has 38 heavy (non-hydrogen) atoms. The summed E-state index contributed by atoms with van der Waals surface area (Å²) in [4.78, 5) is 26.7. The van der Waals surface area contributed by atoms with Crippen LogP contribution in [-0.2, 0) is 24.3 Å². The zero-order valence-corrected chi connectivity index (χ0v) is 22.6. The number of nitriles is 1. The molecule has 11 nitrogen and oxygen atoms in total. The minimum atomic E-state index is -3.86. The molecule has 2 saturated heterocycles. The Labute approximate surface area is 223 Å². The number of nitrogens with zero attached hydrogens (tertiary/aromatic N) is 3. The van der Waals surface area contributed by atoms with Crippen LogP contribution in [0.4, 0.5) is 4.79 Å². The van der Waals surface area contributed by atoms with E-state index in [9.17, 15) is 28.5 Å². The van der Waals surface area contributed by atoms with Crippen molar-refractivity contribution in [1.82, 2.24) is 14.7 Å². The van der Waals surface area contributed by atoms with Crippen LogP contribution < -0.4 is 5.48 Å². The standard InChI is InChI=1S/C26H34N4O7S/c1-18-13-21(14-19(2)23(18)15-27)20-3-8-30(9-4-20)38(34,35)17-26(24(31)28-33)6-10-29(11-7-26)25(32)37-22-5-12-36-16-22/h3,13-14,22,33H,4-12,16-17H2,1-2H3,(H,28,31)/t22-/m0/s1. The molecule has 2 amide bonds. The molecular formula is C26H34N4O7S. The second kappa shape index (κ2) is 11.4. The molecule has 3 aliphatic rings. The molecule has 2 N–H and O–H groups in total. The van der Waals surface area contributed by atoms with E-state index in [1.165, 1.54) is 9.21 Å². The van der Waals surface area contributed by atoms with E-state index in [4.69, 9.17) is 9.47 Å². The highest BCUT2D eigenvalue weighted by atomic mass is 32.2. The van der Waals surface area contributed by atoms with Crippen LogP contribution in [0.3, 0.4) is 0 Å². The summed E-state index contributed by atoms with van der Waals surface area (Å²) in [6.07, 6.45) is 2.33. The summed E-state index contributed by atoms with van der Waals surface area (Å²) >= 11 is 0. The van der Waals surface area contributed by atoms with E-state index in [0.29, 0.717) is 31.6 Å². The number of rotatable bonds is 6. The highest BCUT2D eigenvalue weighted by molar-refractivity contribution is 7.89. The smallest absolute Gasteiger partial charge is 0.410 e. The van der Waals surface area contributed by atoms with Gasteiger partial charge >= 0.3 is 6.09 Å². The van der Waals surface area contributed by atoms with Gasteiger partial charge in [-0.25, -0.2) is 18.7 Å². The first-order chi connectivity index (χ1) is 18.1. The fourth-order valence-corrected chi connectivity index (χ4v) is 7.40. The van der Waals surface area contributed by atoms with Crippen molar-refractivity contribution in [3.05, 3.63) is 40.5 Å². The number of hydrogen-bond acceptors (Lipinski definition) is 8. The predicted octanol–water partition coefficient (Wildman–Crippen LogP) is 2.11. The first kappa shape index (κ1) is 28.0. The van der Waals surface area contributed by atoms with E-state index in [1.807, 2.05) is 32.1 Å². The lowest BCUT2D eigenvalue weighted by atomic mass is 9.79. The average molecular weight is 547 g/mol. The van der Waals surface area contributed by atoms with Crippen molar-refractivity contribution in [1.29, 1.82) is 5.26 Å². The van der Waals surface area contributed by atoms with Crippen LogP contribution in [0, 0.1) is 30.6 Å². The van der Waals surface area contributed by atoms with Crippen molar-refractivity contribution in [2.45, 2.75) is 45.6 Å². The maximum absolute atomic E-state index is 13.4. The molecule has 0 aromatic heterocycles. The number of carbonyl (C=O) groups is 2. The summed E-state index contributed by atoms with van der Waals surface area (Å²) in [6, 6.07) is 6.10. The monoisotopic (exact) mass is 546 g/mol. The van der Waals surface area contributed by atoms with Crippen molar-refractivity contribution in [3.8, 4) is 6.07 Å². The molecule has 3 heterocycles. The first-order valence-electron chi connectivity index (χ1n) is 12.7. The largest absolute Gasteiger partial charge is 0.444 e. The molecule has 4 rings (SSSR count). The van der Waals surface area contributed by atoms with Crippen LogP contribution in [0.25, 0.3) is 5.57 Å². The fraction of sp³-hybridized carbons (Fsp3) is 0.577. The molecule has 0 spiro atoms. The summed E-state index contributed by atoms with van der Waals surface area (Å²) in [5.74, 6) is -1.24. The van der Waals surface area contributed by atoms with E-state index in [1.54, 1.807) is 5.48 Å². The Kier molecular flexibility index (Phi) is 8.42. The number of nitrogens with one attached hydrogen (secondary N) is 1. The van der Waals surface area contributed by atoms with Gasteiger partial charge in [-0.1, -0.05) is 18.2 Å². The second-order valence-corrected chi connectivity index (χ2v) is 12.2. The number of amides is 2. The van der Waals surface area contributed by atoms with Gasteiger partial charge in [-0.2, -0.15) is 9.57 Å². The Balaban J connectivity index is 1.43. The van der Waals surface area contributed by atoms with Crippen molar-refractivity contribution in [2.24, 2.45) is 5.41 Å². The maximum atomic E-state index is 13.4. The number of sulfonamides is 1. The number of aryl methyl sites for hydroxylation is 2. The summed E-state index contributed by atoms with van der Waals surface area (Å²) in [6.45, 7) is 5.34. The van der Waals surface area contributed by atoms with Crippen molar-refractivity contribution >= 4 is 27.6 Å². The van der Waals surface area contributed by atoms with Gasteiger partial charge in [0.15, 0.2) is 0 Å². The summed E-state index contributed by atoms with van der Waals surface area (Å²) in [5, 5.41) is 18.7. The zero-order valence-electron chi connectivity index (χ0n) is 21.7. The van der Waals surface area contributed by atoms with Gasteiger partial charge in [0.25, 0.3) is 5.91 Å². The summed E-state index contributed by atoms with van der Waals surface area (Å²) in [5.41, 5.74) is 4.65. The van der Waals surface area contributed by atoms with Crippen molar-refractivity contribution in [2.75, 3.05) is 45.1 Å². The number of benzene rings is 1. The Hall–Kier alpha value is -2.98. The molecule has 12 heteroatoms. The zero-order chi connectivity index (χ0) is 27.5. The van der Waals surface area contributed by atoms with Crippen LogP contribution in [0.15, 0.2) is 18.2 Å². The molecule has 2 fully saturated rings. The minimum absolute atomic E-state index is 0.0770. The van der Waals surface area contributed by atoms with E-state index < -0.39 is 33.2 Å². The molecule has 1 aromatic rings. The van der Waals surface area contributed by atoms with Gasteiger partial charge in [-0.15, -0.1) is 0 Å². The van der Waals surface area contributed by atoms with E-state index in [2.05, 4.69) is 6.07 Å². The first-order valence-corrected chi connectivity index (χ1v) is 14.4. The third kappa shape index (κ3) is 5.86. The molecule has 0 radical (unpaired) electrons. The van der Waals surface area contributed by atoms with Crippen molar-refractivity contribution < 1.29 is 32.7 Å². The maximum Gasteiger partial charge on any atom is 0.410 e. The normalized spacial score (nSPS) is 21.9. The minimum Gasteiger partial charge on any atom is -0.444 e. The fourth-order valence-electron chi connectivity index (χ4n) is 5.43. The molecule has 0 bridgehead atoms. The number of ether oxygens (including phenoxy) is 2. The van der Waals surface area contributed by atoms with Gasteiger partial charge in [-0.3, -0.25) is 10.0 Å². The van der Waals surface area contributed by atoms with Gasteiger partial charge in [0.2, 0.25) is 10.0 Å². The van der Waals surface area contributed by atoms with E-state index in [0.717, 1.165) is 22.3 Å². The predicted molar refractivity (Wildman–Crippen MR) is 137 cm³/mol. The van der Waals surface area contributed by atoms with Crippen LogP contribution in [0.2, 0.25) is 0 Å². The second-order valence-electron chi connectivity index (χ2n) is 10.3. The van der Waals surface area contributed by atoms with Gasteiger partial charge < -0.3 is 14.4 Å². The molecular weight excluding hydrogens is 512 g/mol. The molecule has 0 unspecified atom stereocenters. The van der Waals surface area contributed by atoms with E-state index in [-0.39, 0.29) is 45.1 Å². The quantitative estimate of drug-likeness (QED) is 0.407. The van der Waals surface area contributed by atoms with Gasteiger partial charge in [0, 0.05) is 32.6 Å². The highest BCUT2D eigenvalue weighted by Gasteiger charge is 2.47. The Morgan fingerprint density at radius 1 is 1.24 bits per heavy atom. The molecule has 0 saturated carbocycles. The van der Waals surface area contributed by atoms with Crippen LogP contribution >= 0.6 is 0 Å². The molecule has 0 aliphatic carbocycles. The lowest BCUT2D eigenvalue weighted by Crippen LogP contribution is -2.54. The summed E-state index contributed by atoms with van der Waals surface area (Å²) < 4.78 is 38.9. The number of carbonyl (C=O) groups excluding carboxylic acids is 2. The van der Waals surface area contributed by atoms with Crippen LogP contribution in [0.5, 0.6) is 0 Å². The number of hydroxylamine groups is 1. The number of likely N-dealkylation sites (tertiary alicyclic amines) is 1. The molecule has 1 aromatic carbocycles. The lowest BCUT2D eigenvalue weighted by Gasteiger charge is -2.40. The number of hydrogen-bond donors (Lipinski definition) is 2. The lowest BCUT2D eigenvalue weighted by molar-refractivity contribution is -0.141. The third-order valence-corrected chi connectivity index (χ3v) is 9.79. The highest BCUT2D eigenvalue weighted by Crippen LogP contribution is 2.36. The number of piperidine rings is 1. The Bertz CT molecular complexity index is 1230. The topological polar surface area (TPSA) is 149 Å². The van der Waals surface area contributed by atoms with Gasteiger partial charge in [0.05, 0.1) is 36.0 Å². The van der Waals surface area contributed by atoms with Gasteiger partial charge in [0.1, 0.15) is 6.10 Å². The SMILES string of the molecule is Cc1cc(C2=CCN(S(=O)(=O)CC3(C(=O)NO)CCN(C(=O)O[C@H]4CCOC4)CC3)CC2)cc(C)c1C#N. The molecule has 1 atom stereocenters.